The average molecular weight is 315 g/mol. The molecule has 0 saturated carbocycles. The normalized spacial score (nSPS) is 12.6. The highest BCUT2D eigenvalue weighted by Gasteiger charge is 2.21. The van der Waals surface area contributed by atoms with Crippen molar-refractivity contribution in [2.45, 2.75) is 23.8 Å². The van der Waals surface area contributed by atoms with Crippen molar-refractivity contribution in [2.24, 2.45) is 0 Å². The quantitative estimate of drug-likeness (QED) is 0.611. The fourth-order valence-electron chi connectivity index (χ4n) is 1.63. The van der Waals surface area contributed by atoms with Crippen LogP contribution in [0.4, 0.5) is 0 Å². The van der Waals surface area contributed by atoms with E-state index in [1.807, 2.05) is 0 Å². The highest BCUT2D eigenvalue weighted by molar-refractivity contribution is 7.91. The molecule has 0 radical (unpaired) electrons. The maximum absolute atomic E-state index is 11.9. The number of hydrogen-bond acceptors (Lipinski definition) is 5. The molecule has 116 valence electrons. The van der Waals surface area contributed by atoms with E-state index in [1.165, 1.54) is 12.1 Å². The van der Waals surface area contributed by atoms with Crippen LogP contribution in [0.5, 0.6) is 0 Å². The number of sulfone groups is 1. The van der Waals surface area contributed by atoms with Crippen molar-refractivity contribution in [1.82, 2.24) is 5.32 Å². The van der Waals surface area contributed by atoms with E-state index < -0.39 is 33.5 Å². The summed E-state index contributed by atoms with van der Waals surface area (Å²) in [4.78, 5) is 22.5. The molecule has 1 atom stereocenters. The number of benzene rings is 1. The van der Waals surface area contributed by atoms with E-state index in [4.69, 9.17) is 10.2 Å². The second kappa shape index (κ2) is 7.75. The average Bonchev–Trinajstić information content (AvgIpc) is 2.45. The Hall–Kier alpha value is -1.93. The van der Waals surface area contributed by atoms with E-state index >= 15 is 0 Å². The number of carboxylic acid groups (broad SMARTS) is 1. The SMILES string of the molecule is O=C(CCS(=O)(=O)c1ccccc1)N[C@@H](CCO)C(=O)O. The predicted molar refractivity (Wildman–Crippen MR) is 74.4 cm³/mol. The maximum Gasteiger partial charge on any atom is 0.326 e. The topological polar surface area (TPSA) is 121 Å². The zero-order valence-electron chi connectivity index (χ0n) is 11.2. The lowest BCUT2D eigenvalue weighted by molar-refractivity contribution is -0.142. The van der Waals surface area contributed by atoms with Crippen LogP contribution in [0.15, 0.2) is 35.2 Å². The third kappa shape index (κ3) is 5.52. The first-order valence-electron chi connectivity index (χ1n) is 6.27. The van der Waals surface area contributed by atoms with Crippen molar-refractivity contribution in [2.75, 3.05) is 12.4 Å². The summed E-state index contributed by atoms with van der Waals surface area (Å²) in [5, 5.41) is 19.7. The number of carboxylic acids is 1. The van der Waals surface area contributed by atoms with Crippen molar-refractivity contribution in [3.8, 4) is 0 Å². The van der Waals surface area contributed by atoms with E-state index in [-0.39, 0.29) is 24.3 Å². The number of rotatable bonds is 8. The van der Waals surface area contributed by atoms with Gasteiger partial charge in [0.25, 0.3) is 0 Å². The summed E-state index contributed by atoms with van der Waals surface area (Å²) in [5.41, 5.74) is 0. The van der Waals surface area contributed by atoms with E-state index in [1.54, 1.807) is 18.2 Å². The second-order valence-corrected chi connectivity index (χ2v) is 6.46. The first-order valence-corrected chi connectivity index (χ1v) is 7.93. The monoisotopic (exact) mass is 315 g/mol. The molecule has 21 heavy (non-hydrogen) atoms. The molecule has 1 aromatic carbocycles. The summed E-state index contributed by atoms with van der Waals surface area (Å²) in [5.74, 6) is -2.37. The fraction of sp³-hybridized carbons (Fsp3) is 0.385. The standard InChI is InChI=1S/C13H17NO6S/c15-8-6-11(13(17)18)14-12(16)7-9-21(19,20)10-4-2-1-3-5-10/h1-5,11,15H,6-9H2,(H,14,16)(H,17,18)/t11-/m0/s1. The fourth-order valence-corrected chi connectivity index (χ4v) is 2.89. The molecule has 1 rings (SSSR count). The summed E-state index contributed by atoms with van der Waals surface area (Å²) < 4.78 is 23.9. The molecule has 0 unspecified atom stereocenters. The summed E-state index contributed by atoms with van der Waals surface area (Å²) in [7, 11) is -3.58. The smallest absolute Gasteiger partial charge is 0.326 e. The van der Waals surface area contributed by atoms with Gasteiger partial charge in [-0.2, -0.15) is 0 Å². The van der Waals surface area contributed by atoms with Gasteiger partial charge in [-0.25, -0.2) is 13.2 Å². The molecule has 3 N–H and O–H groups in total. The Kier molecular flexibility index (Phi) is 6.32. The van der Waals surface area contributed by atoms with Gasteiger partial charge in [0.2, 0.25) is 5.91 Å². The van der Waals surface area contributed by atoms with Gasteiger partial charge in [0, 0.05) is 19.4 Å². The van der Waals surface area contributed by atoms with E-state index in [9.17, 15) is 18.0 Å². The lowest BCUT2D eigenvalue weighted by Crippen LogP contribution is -2.41. The maximum atomic E-state index is 11.9. The summed E-state index contributed by atoms with van der Waals surface area (Å²) >= 11 is 0. The van der Waals surface area contributed by atoms with Gasteiger partial charge < -0.3 is 15.5 Å². The molecule has 0 fully saturated rings. The minimum Gasteiger partial charge on any atom is -0.480 e. The van der Waals surface area contributed by atoms with E-state index in [0.717, 1.165) is 0 Å². The predicted octanol–water partition coefficient (Wildman–Crippen LogP) is -0.198. The second-order valence-electron chi connectivity index (χ2n) is 4.35. The van der Waals surface area contributed by atoms with Crippen LogP contribution in [0.1, 0.15) is 12.8 Å². The van der Waals surface area contributed by atoms with Gasteiger partial charge in [0.1, 0.15) is 6.04 Å². The van der Waals surface area contributed by atoms with Crippen LogP contribution >= 0.6 is 0 Å². The highest BCUT2D eigenvalue weighted by atomic mass is 32.2. The molecule has 1 aromatic rings. The van der Waals surface area contributed by atoms with Crippen molar-refractivity contribution in [3.05, 3.63) is 30.3 Å². The molecule has 0 bridgehead atoms. The van der Waals surface area contributed by atoms with Gasteiger partial charge >= 0.3 is 5.97 Å². The Morgan fingerprint density at radius 2 is 1.81 bits per heavy atom. The van der Waals surface area contributed by atoms with Gasteiger partial charge in [-0.05, 0) is 12.1 Å². The number of carbonyl (C=O) groups excluding carboxylic acids is 1. The molecule has 0 aliphatic rings. The van der Waals surface area contributed by atoms with Crippen molar-refractivity contribution in [3.63, 3.8) is 0 Å². The number of aliphatic hydroxyl groups is 1. The summed E-state index contributed by atoms with van der Waals surface area (Å²) in [6.07, 6.45) is -0.473. The van der Waals surface area contributed by atoms with E-state index in [2.05, 4.69) is 5.32 Å². The van der Waals surface area contributed by atoms with Crippen LogP contribution in [0.25, 0.3) is 0 Å². The van der Waals surface area contributed by atoms with Gasteiger partial charge in [0.15, 0.2) is 9.84 Å². The van der Waals surface area contributed by atoms with Crippen LogP contribution < -0.4 is 5.32 Å². The number of carbonyl (C=O) groups is 2. The molecular weight excluding hydrogens is 298 g/mol. The summed E-state index contributed by atoms with van der Waals surface area (Å²) in [6.45, 7) is -0.389. The molecular formula is C13H17NO6S. The van der Waals surface area contributed by atoms with Gasteiger partial charge in [-0.15, -0.1) is 0 Å². The molecule has 0 aromatic heterocycles. The minimum absolute atomic E-state index is 0.114. The van der Waals surface area contributed by atoms with Crippen molar-refractivity contribution in [1.29, 1.82) is 0 Å². The number of amides is 1. The molecule has 0 heterocycles. The van der Waals surface area contributed by atoms with Crippen molar-refractivity contribution < 1.29 is 28.2 Å². The lowest BCUT2D eigenvalue weighted by Gasteiger charge is -2.13. The largest absolute Gasteiger partial charge is 0.480 e. The number of aliphatic hydroxyl groups excluding tert-OH is 1. The van der Waals surface area contributed by atoms with E-state index in [0.29, 0.717) is 0 Å². The first kappa shape index (κ1) is 17.1. The molecule has 0 saturated heterocycles. The van der Waals surface area contributed by atoms with Crippen LogP contribution in [-0.4, -0.2) is 48.9 Å². The Morgan fingerprint density at radius 1 is 1.19 bits per heavy atom. The first-order chi connectivity index (χ1) is 9.86. The minimum atomic E-state index is -3.58. The molecule has 0 spiro atoms. The number of nitrogens with one attached hydrogen (secondary N) is 1. The zero-order chi connectivity index (χ0) is 15.9. The van der Waals surface area contributed by atoms with Crippen LogP contribution in [0.2, 0.25) is 0 Å². The zero-order valence-corrected chi connectivity index (χ0v) is 12.0. The molecule has 0 aliphatic heterocycles. The molecule has 7 nitrogen and oxygen atoms in total. The Morgan fingerprint density at radius 3 is 2.33 bits per heavy atom. The third-order valence-corrected chi connectivity index (χ3v) is 4.48. The highest BCUT2D eigenvalue weighted by Crippen LogP contribution is 2.11. The van der Waals surface area contributed by atoms with Gasteiger partial charge in [-0.3, -0.25) is 4.79 Å². The molecule has 1 amide bonds. The number of hydrogen-bond donors (Lipinski definition) is 3. The van der Waals surface area contributed by atoms with Crippen LogP contribution in [0, 0.1) is 0 Å². The Labute approximate surface area is 122 Å². The third-order valence-electron chi connectivity index (χ3n) is 2.75. The van der Waals surface area contributed by atoms with Gasteiger partial charge in [-0.1, -0.05) is 18.2 Å². The Balaban J connectivity index is 2.58. The Bertz CT molecular complexity index is 584. The molecule has 0 aliphatic carbocycles. The van der Waals surface area contributed by atoms with Crippen LogP contribution in [-0.2, 0) is 19.4 Å². The lowest BCUT2D eigenvalue weighted by atomic mass is 10.2. The number of aliphatic carboxylic acids is 1. The van der Waals surface area contributed by atoms with Gasteiger partial charge in [0.05, 0.1) is 10.6 Å². The van der Waals surface area contributed by atoms with Crippen LogP contribution in [0.3, 0.4) is 0 Å². The summed E-state index contributed by atoms with van der Waals surface area (Å²) in [6, 6.07) is 6.47. The van der Waals surface area contributed by atoms with Crippen molar-refractivity contribution >= 4 is 21.7 Å². The molecule has 8 heteroatoms.